The fraction of sp³-hybridized carbons (Fsp3) is 0.238. The normalized spacial score (nSPS) is 10.6. The number of rotatable bonds is 7. The Morgan fingerprint density at radius 1 is 1.11 bits per heavy atom. The SMILES string of the molecule is COc1ccc(CCNC(=O)c2c(-c3ccc(Br)cc3)noc2C)cc1OC. The largest absolute Gasteiger partial charge is 0.493 e. The lowest BCUT2D eigenvalue weighted by Crippen LogP contribution is -2.26. The van der Waals surface area contributed by atoms with Crippen molar-refractivity contribution in [2.24, 2.45) is 0 Å². The van der Waals surface area contributed by atoms with E-state index < -0.39 is 0 Å². The Balaban J connectivity index is 1.69. The van der Waals surface area contributed by atoms with Crippen LogP contribution < -0.4 is 14.8 Å². The smallest absolute Gasteiger partial charge is 0.257 e. The third kappa shape index (κ3) is 4.36. The van der Waals surface area contributed by atoms with Crippen LogP contribution in [0.2, 0.25) is 0 Å². The summed E-state index contributed by atoms with van der Waals surface area (Å²) < 4.78 is 16.8. The molecule has 0 radical (unpaired) electrons. The molecule has 1 heterocycles. The summed E-state index contributed by atoms with van der Waals surface area (Å²) in [5.74, 6) is 1.62. The molecular formula is C21H21BrN2O4. The summed E-state index contributed by atoms with van der Waals surface area (Å²) in [6, 6.07) is 13.3. The molecule has 0 saturated carbocycles. The Kier molecular flexibility index (Phi) is 6.36. The van der Waals surface area contributed by atoms with Crippen LogP contribution in [0, 0.1) is 6.92 Å². The van der Waals surface area contributed by atoms with E-state index in [0.29, 0.717) is 41.5 Å². The van der Waals surface area contributed by atoms with Gasteiger partial charge in [0, 0.05) is 16.6 Å². The summed E-state index contributed by atoms with van der Waals surface area (Å²) in [4.78, 5) is 12.7. The van der Waals surface area contributed by atoms with Crippen LogP contribution in [0.5, 0.6) is 11.5 Å². The number of carbonyl (C=O) groups excluding carboxylic acids is 1. The average Bonchev–Trinajstić information content (AvgIpc) is 3.09. The van der Waals surface area contributed by atoms with Gasteiger partial charge in [0.15, 0.2) is 11.5 Å². The number of ether oxygens (including phenoxy) is 2. The fourth-order valence-electron chi connectivity index (χ4n) is 2.89. The first kappa shape index (κ1) is 19.9. The topological polar surface area (TPSA) is 73.6 Å². The lowest BCUT2D eigenvalue weighted by Gasteiger charge is -2.10. The zero-order chi connectivity index (χ0) is 20.1. The summed E-state index contributed by atoms with van der Waals surface area (Å²) in [6.07, 6.45) is 0.657. The summed E-state index contributed by atoms with van der Waals surface area (Å²) in [5, 5.41) is 7.00. The molecular weight excluding hydrogens is 424 g/mol. The second-order valence-electron chi connectivity index (χ2n) is 6.16. The van der Waals surface area contributed by atoms with E-state index in [1.54, 1.807) is 21.1 Å². The van der Waals surface area contributed by atoms with Crippen LogP contribution in [-0.2, 0) is 6.42 Å². The van der Waals surface area contributed by atoms with Gasteiger partial charge in [-0.05, 0) is 43.2 Å². The first-order chi connectivity index (χ1) is 13.5. The van der Waals surface area contributed by atoms with E-state index in [4.69, 9.17) is 14.0 Å². The van der Waals surface area contributed by atoms with Crippen molar-refractivity contribution < 1.29 is 18.8 Å². The van der Waals surface area contributed by atoms with Crippen LogP contribution in [0.15, 0.2) is 51.5 Å². The summed E-state index contributed by atoms with van der Waals surface area (Å²) >= 11 is 3.41. The number of aromatic nitrogens is 1. The van der Waals surface area contributed by atoms with Crippen molar-refractivity contribution in [3.8, 4) is 22.8 Å². The third-order valence-corrected chi connectivity index (χ3v) is 4.88. The lowest BCUT2D eigenvalue weighted by molar-refractivity contribution is 0.0953. The molecule has 0 aliphatic heterocycles. The van der Waals surface area contributed by atoms with Crippen LogP contribution in [0.4, 0.5) is 0 Å². The van der Waals surface area contributed by atoms with Gasteiger partial charge >= 0.3 is 0 Å². The Morgan fingerprint density at radius 2 is 1.82 bits per heavy atom. The Labute approximate surface area is 172 Å². The van der Waals surface area contributed by atoms with Gasteiger partial charge in [0.05, 0.1) is 14.2 Å². The minimum absolute atomic E-state index is 0.211. The molecule has 7 heteroatoms. The zero-order valence-electron chi connectivity index (χ0n) is 15.9. The molecule has 3 aromatic rings. The number of nitrogens with zero attached hydrogens (tertiary/aromatic N) is 1. The van der Waals surface area contributed by atoms with Crippen LogP contribution in [0.3, 0.4) is 0 Å². The highest BCUT2D eigenvalue weighted by Crippen LogP contribution is 2.28. The number of hydrogen-bond acceptors (Lipinski definition) is 5. The van der Waals surface area contributed by atoms with Crippen LogP contribution >= 0.6 is 15.9 Å². The second kappa shape index (κ2) is 8.93. The molecule has 0 fully saturated rings. The Hall–Kier alpha value is -2.80. The molecule has 0 saturated heterocycles. The van der Waals surface area contributed by atoms with E-state index >= 15 is 0 Å². The maximum atomic E-state index is 12.7. The molecule has 0 atom stereocenters. The van der Waals surface area contributed by atoms with E-state index in [2.05, 4.69) is 26.4 Å². The monoisotopic (exact) mass is 444 g/mol. The number of methoxy groups -OCH3 is 2. The minimum atomic E-state index is -0.211. The molecule has 1 N–H and O–H groups in total. The number of aryl methyl sites for hydroxylation is 1. The van der Waals surface area contributed by atoms with Crippen molar-refractivity contribution in [3.05, 3.63) is 63.8 Å². The Morgan fingerprint density at radius 3 is 2.50 bits per heavy atom. The molecule has 0 aliphatic rings. The van der Waals surface area contributed by atoms with Gasteiger partial charge in [0.2, 0.25) is 0 Å². The minimum Gasteiger partial charge on any atom is -0.493 e. The summed E-state index contributed by atoms with van der Waals surface area (Å²) in [7, 11) is 3.20. The average molecular weight is 445 g/mol. The number of nitrogens with one attached hydrogen (secondary N) is 1. The predicted octanol–water partition coefficient (Wildman–Crippen LogP) is 4.40. The number of halogens is 1. The number of carbonyl (C=O) groups is 1. The molecule has 0 aliphatic carbocycles. The predicted molar refractivity (Wildman–Crippen MR) is 110 cm³/mol. The van der Waals surface area contributed by atoms with E-state index in [9.17, 15) is 4.79 Å². The van der Waals surface area contributed by atoms with Gasteiger partial charge in [-0.15, -0.1) is 0 Å². The van der Waals surface area contributed by atoms with Gasteiger partial charge in [0.25, 0.3) is 5.91 Å². The summed E-state index contributed by atoms with van der Waals surface area (Å²) in [6.45, 7) is 2.21. The molecule has 1 aromatic heterocycles. The van der Waals surface area contributed by atoms with E-state index in [0.717, 1.165) is 15.6 Å². The third-order valence-electron chi connectivity index (χ3n) is 4.35. The molecule has 0 spiro atoms. The van der Waals surface area contributed by atoms with Gasteiger partial charge in [-0.2, -0.15) is 0 Å². The first-order valence-corrected chi connectivity index (χ1v) is 9.54. The highest BCUT2D eigenvalue weighted by molar-refractivity contribution is 9.10. The first-order valence-electron chi connectivity index (χ1n) is 8.74. The van der Waals surface area contributed by atoms with Crippen molar-refractivity contribution in [2.75, 3.05) is 20.8 Å². The van der Waals surface area contributed by atoms with Crippen molar-refractivity contribution in [2.45, 2.75) is 13.3 Å². The number of amides is 1. The Bertz CT molecular complexity index is 967. The van der Waals surface area contributed by atoms with Gasteiger partial charge < -0.3 is 19.3 Å². The molecule has 6 nitrogen and oxygen atoms in total. The van der Waals surface area contributed by atoms with Crippen molar-refractivity contribution in [3.63, 3.8) is 0 Å². The lowest BCUT2D eigenvalue weighted by atomic mass is 10.1. The zero-order valence-corrected chi connectivity index (χ0v) is 17.5. The van der Waals surface area contributed by atoms with E-state index in [1.165, 1.54) is 0 Å². The van der Waals surface area contributed by atoms with Gasteiger partial charge in [0.1, 0.15) is 17.0 Å². The number of hydrogen-bond donors (Lipinski definition) is 1. The van der Waals surface area contributed by atoms with Crippen molar-refractivity contribution in [1.29, 1.82) is 0 Å². The quantitative estimate of drug-likeness (QED) is 0.584. The standard InChI is InChI=1S/C21H21BrN2O4/c1-13-19(20(24-28-13)15-5-7-16(22)8-6-15)21(25)23-11-10-14-4-9-17(26-2)18(12-14)27-3/h4-9,12H,10-11H2,1-3H3,(H,23,25). The van der Waals surface area contributed by atoms with Crippen molar-refractivity contribution in [1.82, 2.24) is 10.5 Å². The maximum absolute atomic E-state index is 12.7. The van der Waals surface area contributed by atoms with E-state index in [-0.39, 0.29) is 5.91 Å². The molecule has 2 aromatic carbocycles. The molecule has 0 unspecified atom stereocenters. The fourth-order valence-corrected chi connectivity index (χ4v) is 3.15. The molecule has 28 heavy (non-hydrogen) atoms. The molecule has 146 valence electrons. The highest BCUT2D eigenvalue weighted by atomic mass is 79.9. The van der Waals surface area contributed by atoms with Gasteiger partial charge in [-0.1, -0.05) is 39.3 Å². The van der Waals surface area contributed by atoms with E-state index in [1.807, 2.05) is 42.5 Å². The van der Waals surface area contributed by atoms with Crippen LogP contribution in [0.1, 0.15) is 21.7 Å². The molecule has 3 rings (SSSR count). The highest BCUT2D eigenvalue weighted by Gasteiger charge is 2.21. The summed E-state index contributed by atoms with van der Waals surface area (Å²) in [5.41, 5.74) is 2.85. The van der Waals surface area contributed by atoms with Gasteiger partial charge in [-0.3, -0.25) is 4.79 Å². The van der Waals surface area contributed by atoms with Gasteiger partial charge in [-0.25, -0.2) is 0 Å². The van der Waals surface area contributed by atoms with Crippen molar-refractivity contribution >= 4 is 21.8 Å². The van der Waals surface area contributed by atoms with Crippen LogP contribution in [0.25, 0.3) is 11.3 Å². The second-order valence-corrected chi connectivity index (χ2v) is 7.08. The molecule has 0 bridgehead atoms. The number of benzene rings is 2. The maximum Gasteiger partial charge on any atom is 0.257 e. The van der Waals surface area contributed by atoms with Crippen LogP contribution in [-0.4, -0.2) is 31.8 Å². The molecule has 1 amide bonds.